The largest absolute Gasteiger partial charge is 0.365 e. The lowest BCUT2D eigenvalue weighted by Crippen LogP contribution is -2.05. The second-order valence-corrected chi connectivity index (χ2v) is 3.71. The van der Waals surface area contributed by atoms with Gasteiger partial charge in [-0.1, -0.05) is 33.7 Å². The van der Waals surface area contributed by atoms with E-state index in [1.807, 2.05) is 6.08 Å². The minimum atomic E-state index is -1.31. The molecule has 13 heavy (non-hydrogen) atoms. The molecule has 0 atom stereocenters. The Morgan fingerprint density at radius 1 is 1.31 bits per heavy atom. The molecule has 0 heterocycles. The van der Waals surface area contributed by atoms with E-state index in [-0.39, 0.29) is 0 Å². The molecule has 0 rings (SSSR count). The molecule has 0 saturated carbocycles. The average molecular weight is 249 g/mol. The van der Waals surface area contributed by atoms with Gasteiger partial charge in [0.15, 0.2) is 6.29 Å². The summed E-state index contributed by atoms with van der Waals surface area (Å²) in [5.74, 6) is 0. The number of hydrogen-bond donors (Lipinski definition) is 2. The summed E-state index contributed by atoms with van der Waals surface area (Å²) < 4.78 is 0. The Balaban J connectivity index is 3.78. The zero-order valence-electron chi connectivity index (χ0n) is 8.13. The molecule has 0 unspecified atom stereocenters. The van der Waals surface area contributed by atoms with E-state index in [9.17, 15) is 0 Å². The average Bonchev–Trinajstić information content (AvgIpc) is 2.04. The summed E-state index contributed by atoms with van der Waals surface area (Å²) in [6, 6.07) is 0. The summed E-state index contributed by atoms with van der Waals surface area (Å²) in [6.45, 7) is 3.79. The maximum atomic E-state index is 8.75. The minimum absolute atomic E-state index is 0.617. The molecule has 0 spiro atoms. The molecule has 76 valence electrons. The van der Waals surface area contributed by atoms with E-state index < -0.39 is 6.29 Å². The van der Waals surface area contributed by atoms with E-state index in [2.05, 4.69) is 28.9 Å². The number of allylic oxidation sites excluding steroid dienone is 3. The Morgan fingerprint density at radius 3 is 2.38 bits per heavy atom. The van der Waals surface area contributed by atoms with Gasteiger partial charge in [-0.15, -0.1) is 0 Å². The first kappa shape index (κ1) is 12.9. The van der Waals surface area contributed by atoms with Crippen LogP contribution in [0.4, 0.5) is 0 Å². The number of halogens is 1. The molecule has 0 amide bonds. The van der Waals surface area contributed by atoms with Crippen LogP contribution in [-0.4, -0.2) is 21.8 Å². The third-order valence-electron chi connectivity index (χ3n) is 1.84. The van der Waals surface area contributed by atoms with Crippen LogP contribution in [-0.2, 0) is 0 Å². The molecule has 0 aromatic heterocycles. The molecule has 0 aromatic carbocycles. The molecule has 0 bridgehead atoms. The molecule has 2 nitrogen and oxygen atoms in total. The second kappa shape index (κ2) is 7.30. The number of rotatable bonds is 5. The summed E-state index contributed by atoms with van der Waals surface area (Å²) in [5.41, 5.74) is 1.93. The molecule has 0 radical (unpaired) electrons. The van der Waals surface area contributed by atoms with Gasteiger partial charge in [0.25, 0.3) is 0 Å². The molecule has 2 N–H and O–H groups in total. The predicted molar refractivity (Wildman–Crippen MR) is 58.8 cm³/mol. The van der Waals surface area contributed by atoms with Crippen molar-refractivity contribution in [3.8, 4) is 0 Å². The van der Waals surface area contributed by atoms with Gasteiger partial charge in [-0.3, -0.25) is 0 Å². The van der Waals surface area contributed by atoms with Gasteiger partial charge in [0, 0.05) is 5.33 Å². The van der Waals surface area contributed by atoms with E-state index in [0.717, 1.165) is 18.2 Å². The van der Waals surface area contributed by atoms with Gasteiger partial charge in [-0.05, 0) is 32.3 Å². The third-order valence-corrected chi connectivity index (χ3v) is 2.16. The van der Waals surface area contributed by atoms with E-state index in [1.165, 1.54) is 5.57 Å². The van der Waals surface area contributed by atoms with Crippen LogP contribution in [0.5, 0.6) is 0 Å². The van der Waals surface area contributed by atoms with Gasteiger partial charge in [0.1, 0.15) is 0 Å². The first-order valence-corrected chi connectivity index (χ1v) is 5.44. The van der Waals surface area contributed by atoms with Gasteiger partial charge in [0.05, 0.1) is 0 Å². The molecule has 0 aliphatic heterocycles. The van der Waals surface area contributed by atoms with Crippen molar-refractivity contribution in [2.24, 2.45) is 0 Å². The van der Waals surface area contributed by atoms with E-state index in [1.54, 1.807) is 6.92 Å². The SMILES string of the molecule is CC(=CCC/C(C)=C/CBr)C(O)O. The molecule has 0 aromatic rings. The third kappa shape index (κ3) is 6.99. The lowest BCUT2D eigenvalue weighted by molar-refractivity contribution is -0.00787. The summed E-state index contributed by atoms with van der Waals surface area (Å²) in [7, 11) is 0. The van der Waals surface area contributed by atoms with Crippen molar-refractivity contribution in [2.45, 2.75) is 33.0 Å². The van der Waals surface area contributed by atoms with Crippen molar-refractivity contribution in [1.29, 1.82) is 0 Å². The quantitative estimate of drug-likeness (QED) is 0.446. The van der Waals surface area contributed by atoms with E-state index in [4.69, 9.17) is 10.2 Å². The summed E-state index contributed by atoms with van der Waals surface area (Å²) in [4.78, 5) is 0. The number of aliphatic hydroxyl groups excluding tert-OH is 1. The summed E-state index contributed by atoms with van der Waals surface area (Å²) in [5, 5.41) is 18.4. The van der Waals surface area contributed by atoms with Crippen molar-refractivity contribution < 1.29 is 10.2 Å². The van der Waals surface area contributed by atoms with Crippen LogP contribution >= 0.6 is 15.9 Å². The summed E-state index contributed by atoms with van der Waals surface area (Å²) >= 11 is 3.32. The van der Waals surface area contributed by atoms with Gasteiger partial charge < -0.3 is 10.2 Å². The molecule has 0 aliphatic carbocycles. The monoisotopic (exact) mass is 248 g/mol. The fraction of sp³-hybridized carbons (Fsp3) is 0.600. The molecule has 0 aliphatic rings. The molecular weight excluding hydrogens is 232 g/mol. The van der Waals surface area contributed by atoms with Crippen LogP contribution < -0.4 is 0 Å². The van der Waals surface area contributed by atoms with Crippen LogP contribution in [0.25, 0.3) is 0 Å². The van der Waals surface area contributed by atoms with Crippen molar-refractivity contribution >= 4 is 15.9 Å². The maximum Gasteiger partial charge on any atom is 0.173 e. The Bertz CT molecular complexity index is 195. The molecule has 0 fully saturated rings. The van der Waals surface area contributed by atoms with Crippen molar-refractivity contribution in [1.82, 2.24) is 0 Å². The predicted octanol–water partition coefficient (Wildman–Crippen LogP) is 2.36. The highest BCUT2D eigenvalue weighted by Gasteiger charge is 1.98. The van der Waals surface area contributed by atoms with E-state index in [0.29, 0.717) is 5.57 Å². The zero-order valence-corrected chi connectivity index (χ0v) is 9.71. The first-order valence-electron chi connectivity index (χ1n) is 4.32. The maximum absolute atomic E-state index is 8.75. The fourth-order valence-electron chi connectivity index (χ4n) is 0.867. The Kier molecular flexibility index (Phi) is 7.23. The van der Waals surface area contributed by atoms with Crippen LogP contribution in [0.2, 0.25) is 0 Å². The summed E-state index contributed by atoms with van der Waals surface area (Å²) in [6.07, 6.45) is 4.49. The lowest BCUT2D eigenvalue weighted by Gasteiger charge is -2.03. The molecule has 3 heteroatoms. The molecule has 0 saturated heterocycles. The van der Waals surface area contributed by atoms with Gasteiger partial charge in [-0.25, -0.2) is 0 Å². The fourth-order valence-corrected chi connectivity index (χ4v) is 1.42. The standard InChI is InChI=1S/C10H17BrO2/c1-8(6-7-11)4-3-5-9(2)10(12)13/h5-6,10,12-13H,3-4,7H2,1-2H3/b8-6+,9-5?. The van der Waals surface area contributed by atoms with Crippen LogP contribution in [0.3, 0.4) is 0 Å². The highest BCUT2D eigenvalue weighted by molar-refractivity contribution is 9.09. The number of hydrogen-bond acceptors (Lipinski definition) is 2. The van der Waals surface area contributed by atoms with Crippen molar-refractivity contribution in [2.75, 3.05) is 5.33 Å². The minimum Gasteiger partial charge on any atom is -0.365 e. The van der Waals surface area contributed by atoms with Crippen LogP contribution in [0.15, 0.2) is 23.3 Å². The topological polar surface area (TPSA) is 40.5 Å². The highest BCUT2D eigenvalue weighted by atomic mass is 79.9. The smallest absolute Gasteiger partial charge is 0.173 e. The highest BCUT2D eigenvalue weighted by Crippen LogP contribution is 2.08. The second-order valence-electron chi connectivity index (χ2n) is 3.07. The lowest BCUT2D eigenvalue weighted by atomic mass is 10.1. The number of alkyl halides is 1. The van der Waals surface area contributed by atoms with Crippen molar-refractivity contribution in [3.05, 3.63) is 23.3 Å². The van der Waals surface area contributed by atoms with Gasteiger partial charge >= 0.3 is 0 Å². The van der Waals surface area contributed by atoms with Crippen LogP contribution in [0, 0.1) is 0 Å². The Hall–Kier alpha value is -0.120. The first-order chi connectivity index (χ1) is 6.07. The van der Waals surface area contributed by atoms with Crippen LogP contribution in [0.1, 0.15) is 26.7 Å². The normalized spacial score (nSPS) is 14.0. The molecular formula is C10H17BrO2. The van der Waals surface area contributed by atoms with Gasteiger partial charge in [0.2, 0.25) is 0 Å². The van der Waals surface area contributed by atoms with Gasteiger partial charge in [-0.2, -0.15) is 0 Å². The Labute approximate surface area is 88.1 Å². The zero-order chi connectivity index (χ0) is 10.3. The van der Waals surface area contributed by atoms with E-state index >= 15 is 0 Å². The number of aliphatic hydroxyl groups is 2. The van der Waals surface area contributed by atoms with Crippen molar-refractivity contribution in [3.63, 3.8) is 0 Å². The Morgan fingerprint density at radius 2 is 1.92 bits per heavy atom.